The Balaban J connectivity index is 1.73. The van der Waals surface area contributed by atoms with Gasteiger partial charge in [-0.1, -0.05) is 84.4 Å². The summed E-state index contributed by atoms with van der Waals surface area (Å²) in [5, 5.41) is 0.570. The van der Waals surface area contributed by atoms with Gasteiger partial charge in [-0.05, 0) is 60.4 Å². The van der Waals surface area contributed by atoms with Crippen molar-refractivity contribution in [3.63, 3.8) is 0 Å². The Bertz CT molecular complexity index is 1040. The van der Waals surface area contributed by atoms with Crippen molar-refractivity contribution in [2.45, 2.75) is 25.6 Å². The molecular formula is C25H22ClNOS. The average molecular weight is 420 g/mol. The molecule has 29 heavy (non-hydrogen) atoms. The predicted octanol–water partition coefficient (Wildman–Crippen LogP) is 7.03. The Morgan fingerprint density at radius 1 is 0.966 bits per heavy atom. The molecule has 0 bridgehead atoms. The van der Waals surface area contributed by atoms with E-state index in [4.69, 9.17) is 11.6 Å². The SMILES string of the molecule is CCc1ccc(/C=C2/S[C@H](c3ccc(Cl)cc3)N(c3ccc(C)cc3)C2=O)cc1. The summed E-state index contributed by atoms with van der Waals surface area (Å²) in [6.07, 6.45) is 2.99. The van der Waals surface area contributed by atoms with E-state index in [1.165, 1.54) is 11.1 Å². The van der Waals surface area contributed by atoms with Crippen LogP contribution >= 0.6 is 23.4 Å². The number of hydrogen-bond donors (Lipinski definition) is 0. The fraction of sp³-hybridized carbons (Fsp3) is 0.160. The summed E-state index contributed by atoms with van der Waals surface area (Å²) in [6, 6.07) is 24.2. The van der Waals surface area contributed by atoms with Crippen LogP contribution < -0.4 is 4.90 Å². The molecule has 1 amide bonds. The van der Waals surface area contributed by atoms with Crippen LogP contribution in [0.4, 0.5) is 5.69 Å². The van der Waals surface area contributed by atoms with Crippen molar-refractivity contribution < 1.29 is 4.79 Å². The molecule has 0 aromatic heterocycles. The fourth-order valence-electron chi connectivity index (χ4n) is 3.35. The molecule has 146 valence electrons. The first-order valence-corrected chi connectivity index (χ1v) is 10.9. The van der Waals surface area contributed by atoms with Gasteiger partial charge in [0.2, 0.25) is 0 Å². The van der Waals surface area contributed by atoms with E-state index in [0.29, 0.717) is 5.02 Å². The van der Waals surface area contributed by atoms with Crippen LogP contribution in [0.25, 0.3) is 6.08 Å². The van der Waals surface area contributed by atoms with E-state index < -0.39 is 0 Å². The quantitative estimate of drug-likeness (QED) is 0.423. The third kappa shape index (κ3) is 4.26. The van der Waals surface area contributed by atoms with Crippen molar-refractivity contribution in [2.24, 2.45) is 0 Å². The topological polar surface area (TPSA) is 20.3 Å². The van der Waals surface area contributed by atoms with Crippen molar-refractivity contribution in [3.8, 4) is 0 Å². The molecule has 1 heterocycles. The van der Waals surface area contributed by atoms with Gasteiger partial charge in [0.15, 0.2) is 0 Å². The minimum Gasteiger partial charge on any atom is -0.291 e. The highest BCUT2D eigenvalue weighted by Crippen LogP contribution is 2.48. The standard InChI is InChI=1S/C25H22ClNOS/c1-3-18-6-8-19(9-7-18)16-23-24(28)27(22-14-4-17(2)5-15-22)25(29-23)20-10-12-21(26)13-11-20/h4-16,25H,3H2,1-2H3/b23-16+/t25-/m1/s1. The van der Waals surface area contributed by atoms with E-state index in [2.05, 4.69) is 31.2 Å². The zero-order valence-corrected chi connectivity index (χ0v) is 18.0. The number of hydrogen-bond acceptors (Lipinski definition) is 2. The second-order valence-corrected chi connectivity index (χ2v) is 8.69. The van der Waals surface area contributed by atoms with E-state index in [-0.39, 0.29) is 11.3 Å². The van der Waals surface area contributed by atoms with Gasteiger partial charge in [-0.2, -0.15) is 0 Å². The van der Waals surface area contributed by atoms with Gasteiger partial charge < -0.3 is 0 Å². The number of benzene rings is 3. The molecule has 0 saturated carbocycles. The number of carbonyl (C=O) groups is 1. The minimum absolute atomic E-state index is 0.0263. The molecule has 0 N–H and O–H groups in total. The first-order chi connectivity index (χ1) is 14.0. The number of rotatable bonds is 4. The number of amides is 1. The van der Waals surface area contributed by atoms with Gasteiger partial charge in [0.1, 0.15) is 5.37 Å². The number of aryl methyl sites for hydroxylation is 2. The van der Waals surface area contributed by atoms with Gasteiger partial charge >= 0.3 is 0 Å². The zero-order valence-electron chi connectivity index (χ0n) is 16.4. The normalized spacial score (nSPS) is 17.9. The van der Waals surface area contributed by atoms with Gasteiger partial charge in [0, 0.05) is 10.7 Å². The van der Waals surface area contributed by atoms with Crippen molar-refractivity contribution in [1.82, 2.24) is 0 Å². The van der Waals surface area contributed by atoms with Crippen molar-refractivity contribution in [2.75, 3.05) is 4.90 Å². The predicted molar refractivity (Wildman–Crippen MR) is 124 cm³/mol. The van der Waals surface area contributed by atoms with Gasteiger partial charge in [-0.25, -0.2) is 0 Å². The Kier molecular flexibility index (Phi) is 5.79. The maximum absolute atomic E-state index is 13.4. The third-order valence-electron chi connectivity index (χ3n) is 5.06. The lowest BCUT2D eigenvalue weighted by atomic mass is 10.1. The number of halogens is 1. The summed E-state index contributed by atoms with van der Waals surface area (Å²) in [5.41, 5.74) is 5.45. The molecule has 0 spiro atoms. The summed E-state index contributed by atoms with van der Waals surface area (Å²) in [6.45, 7) is 4.19. The van der Waals surface area contributed by atoms with Gasteiger partial charge in [0.05, 0.1) is 4.91 Å². The molecule has 0 radical (unpaired) electrons. The summed E-state index contributed by atoms with van der Waals surface area (Å²) < 4.78 is 0. The highest BCUT2D eigenvalue weighted by molar-refractivity contribution is 8.05. The summed E-state index contributed by atoms with van der Waals surface area (Å²) in [7, 11) is 0. The van der Waals surface area contributed by atoms with Crippen LogP contribution in [-0.4, -0.2) is 5.91 Å². The molecule has 1 fully saturated rings. The molecule has 0 unspecified atom stereocenters. The van der Waals surface area contributed by atoms with E-state index in [9.17, 15) is 4.79 Å². The lowest BCUT2D eigenvalue weighted by Gasteiger charge is -2.24. The van der Waals surface area contributed by atoms with E-state index in [0.717, 1.165) is 28.1 Å². The molecule has 1 saturated heterocycles. The van der Waals surface area contributed by atoms with E-state index in [1.54, 1.807) is 11.8 Å². The van der Waals surface area contributed by atoms with Crippen molar-refractivity contribution >= 4 is 41.0 Å². The second kappa shape index (κ2) is 8.48. The Labute approximate surface area is 181 Å². The molecule has 3 aromatic carbocycles. The molecule has 3 aromatic rings. The van der Waals surface area contributed by atoms with Crippen LogP contribution in [0.5, 0.6) is 0 Å². The highest BCUT2D eigenvalue weighted by Gasteiger charge is 2.38. The number of thioether (sulfide) groups is 1. The smallest absolute Gasteiger partial charge is 0.266 e. The van der Waals surface area contributed by atoms with Crippen LogP contribution in [0.1, 0.15) is 34.6 Å². The molecule has 0 aliphatic carbocycles. The van der Waals surface area contributed by atoms with Gasteiger partial charge in [-0.3, -0.25) is 9.69 Å². The maximum atomic E-state index is 13.4. The second-order valence-electron chi connectivity index (χ2n) is 7.14. The fourth-order valence-corrected chi connectivity index (χ4v) is 4.73. The third-order valence-corrected chi connectivity index (χ3v) is 6.56. The van der Waals surface area contributed by atoms with Crippen LogP contribution in [0, 0.1) is 6.92 Å². The van der Waals surface area contributed by atoms with Gasteiger partial charge in [0.25, 0.3) is 5.91 Å². The molecule has 1 atom stereocenters. The van der Waals surface area contributed by atoms with E-state index in [1.807, 2.05) is 66.4 Å². The van der Waals surface area contributed by atoms with Crippen LogP contribution in [-0.2, 0) is 11.2 Å². The first-order valence-electron chi connectivity index (χ1n) is 9.68. The Hall–Kier alpha value is -2.49. The molecular weight excluding hydrogens is 398 g/mol. The summed E-state index contributed by atoms with van der Waals surface area (Å²) in [5.74, 6) is 0.0263. The Morgan fingerprint density at radius 2 is 1.62 bits per heavy atom. The molecule has 1 aliphatic heterocycles. The first kappa shape index (κ1) is 19.8. The highest BCUT2D eigenvalue weighted by atomic mass is 35.5. The zero-order chi connectivity index (χ0) is 20.4. The Morgan fingerprint density at radius 3 is 2.24 bits per heavy atom. The van der Waals surface area contributed by atoms with Crippen LogP contribution in [0.2, 0.25) is 5.02 Å². The number of nitrogens with zero attached hydrogens (tertiary/aromatic N) is 1. The lowest BCUT2D eigenvalue weighted by molar-refractivity contribution is -0.114. The van der Waals surface area contributed by atoms with Gasteiger partial charge in [-0.15, -0.1) is 0 Å². The maximum Gasteiger partial charge on any atom is 0.266 e. The molecule has 4 rings (SSSR count). The monoisotopic (exact) mass is 419 g/mol. The number of anilines is 1. The van der Waals surface area contributed by atoms with Crippen LogP contribution in [0.3, 0.4) is 0 Å². The van der Waals surface area contributed by atoms with E-state index >= 15 is 0 Å². The largest absolute Gasteiger partial charge is 0.291 e. The number of carbonyl (C=O) groups excluding carboxylic acids is 1. The lowest BCUT2D eigenvalue weighted by Crippen LogP contribution is -2.27. The van der Waals surface area contributed by atoms with Crippen molar-refractivity contribution in [1.29, 1.82) is 0 Å². The summed E-state index contributed by atoms with van der Waals surface area (Å²) >= 11 is 7.66. The molecule has 4 heteroatoms. The van der Waals surface area contributed by atoms with Crippen molar-refractivity contribution in [3.05, 3.63) is 105 Å². The average Bonchev–Trinajstić information content (AvgIpc) is 3.06. The summed E-state index contributed by atoms with van der Waals surface area (Å²) in [4.78, 5) is 16.0. The van der Waals surface area contributed by atoms with Crippen LogP contribution in [0.15, 0.2) is 77.7 Å². The minimum atomic E-state index is -0.122. The molecule has 1 aliphatic rings. The molecule has 2 nitrogen and oxygen atoms in total.